The van der Waals surface area contributed by atoms with Gasteiger partial charge in [-0.2, -0.15) is 0 Å². The molecule has 0 fully saturated rings. The van der Waals surface area contributed by atoms with Crippen molar-refractivity contribution in [3.05, 3.63) is 33.1 Å². The number of thiophene rings is 1. The van der Waals surface area contributed by atoms with Crippen LogP contribution in [0.15, 0.2) is 16.2 Å². The van der Waals surface area contributed by atoms with Crippen LogP contribution in [0.4, 0.5) is 0 Å². The molecule has 94 valence electrons. The predicted molar refractivity (Wildman–Crippen MR) is 65.9 cm³/mol. The van der Waals surface area contributed by atoms with Crippen LogP contribution in [0, 0.1) is 6.92 Å². The molecule has 2 aromatic rings. The number of carbonyl (C=O) groups is 1. The van der Waals surface area contributed by atoms with Crippen molar-refractivity contribution in [1.29, 1.82) is 0 Å². The summed E-state index contributed by atoms with van der Waals surface area (Å²) in [6.45, 7) is 1.86. The summed E-state index contributed by atoms with van der Waals surface area (Å²) in [6.07, 6.45) is 0. The average molecular weight is 266 g/mol. The van der Waals surface area contributed by atoms with E-state index in [1.165, 1.54) is 11.3 Å². The number of hydrogen-bond acceptors (Lipinski definition) is 6. The molecule has 18 heavy (non-hydrogen) atoms. The lowest BCUT2D eigenvalue weighted by Gasteiger charge is -2.04. The molecule has 0 spiro atoms. The number of aromatic hydroxyl groups is 1. The van der Waals surface area contributed by atoms with Crippen LogP contribution in [0.5, 0.6) is 5.75 Å². The highest BCUT2D eigenvalue weighted by Gasteiger charge is 2.19. The minimum absolute atomic E-state index is 0.241. The zero-order valence-corrected chi connectivity index (χ0v) is 10.5. The first-order valence-corrected chi connectivity index (χ1v) is 5.88. The average Bonchev–Trinajstić information content (AvgIpc) is 2.78. The summed E-state index contributed by atoms with van der Waals surface area (Å²) in [5, 5.41) is 11.3. The number of aryl methyl sites for hydroxylation is 1. The fourth-order valence-electron chi connectivity index (χ4n) is 1.43. The van der Waals surface area contributed by atoms with Gasteiger partial charge in [0.1, 0.15) is 0 Å². The summed E-state index contributed by atoms with van der Waals surface area (Å²) in [6, 6.07) is 1.87. The normalized spacial score (nSPS) is 10.3. The van der Waals surface area contributed by atoms with E-state index in [9.17, 15) is 14.7 Å². The molecule has 7 heteroatoms. The Morgan fingerprint density at radius 3 is 2.83 bits per heavy atom. The van der Waals surface area contributed by atoms with Crippen LogP contribution in [0.1, 0.15) is 16.1 Å². The molecular weight excluding hydrogens is 256 g/mol. The smallest absolute Gasteiger partial charge is 0.360 e. The number of aromatic amines is 1. The van der Waals surface area contributed by atoms with Gasteiger partial charge in [0.2, 0.25) is 5.75 Å². The van der Waals surface area contributed by atoms with Crippen LogP contribution in [0.25, 0.3) is 10.7 Å². The number of hydrogen-bond donors (Lipinski definition) is 2. The maximum atomic E-state index is 11.5. The third-order valence-corrected chi connectivity index (χ3v) is 3.37. The summed E-state index contributed by atoms with van der Waals surface area (Å²) in [7, 11) is 1.15. The van der Waals surface area contributed by atoms with E-state index >= 15 is 0 Å². The van der Waals surface area contributed by atoms with Gasteiger partial charge in [-0.05, 0) is 23.9 Å². The Morgan fingerprint density at radius 1 is 1.56 bits per heavy atom. The molecule has 0 aliphatic heterocycles. The molecule has 2 aromatic heterocycles. The highest BCUT2D eigenvalue weighted by atomic mass is 32.1. The summed E-state index contributed by atoms with van der Waals surface area (Å²) >= 11 is 1.38. The van der Waals surface area contributed by atoms with Crippen LogP contribution < -0.4 is 5.56 Å². The van der Waals surface area contributed by atoms with E-state index in [4.69, 9.17) is 0 Å². The largest absolute Gasteiger partial charge is 0.501 e. The van der Waals surface area contributed by atoms with Crippen molar-refractivity contribution in [1.82, 2.24) is 9.97 Å². The lowest BCUT2D eigenvalue weighted by Crippen LogP contribution is -2.16. The molecule has 0 saturated carbocycles. The minimum atomic E-state index is -0.853. The Bertz CT molecular complexity index is 659. The molecule has 2 rings (SSSR count). The molecule has 2 N–H and O–H groups in total. The van der Waals surface area contributed by atoms with Gasteiger partial charge in [-0.1, -0.05) is 0 Å². The predicted octanol–water partition coefficient (Wildman–Crippen LogP) is 1.30. The number of H-pyrrole nitrogens is 1. The van der Waals surface area contributed by atoms with E-state index in [1.54, 1.807) is 0 Å². The summed E-state index contributed by atoms with van der Waals surface area (Å²) < 4.78 is 4.46. The molecule has 0 saturated heterocycles. The Balaban J connectivity index is 2.65. The van der Waals surface area contributed by atoms with E-state index in [2.05, 4.69) is 14.7 Å². The topological polar surface area (TPSA) is 92.3 Å². The summed E-state index contributed by atoms with van der Waals surface area (Å²) in [4.78, 5) is 30.0. The highest BCUT2D eigenvalue weighted by Crippen LogP contribution is 2.26. The summed E-state index contributed by atoms with van der Waals surface area (Å²) in [5.41, 5.74) is -0.234. The number of rotatable bonds is 2. The third kappa shape index (κ3) is 2.00. The molecule has 0 bridgehead atoms. The zero-order chi connectivity index (χ0) is 13.3. The molecule has 0 unspecified atom stereocenters. The molecule has 0 radical (unpaired) electrons. The van der Waals surface area contributed by atoms with Gasteiger partial charge in [0, 0.05) is 0 Å². The van der Waals surface area contributed by atoms with Gasteiger partial charge < -0.3 is 14.8 Å². The van der Waals surface area contributed by atoms with Gasteiger partial charge in [0.25, 0.3) is 5.56 Å². The maximum Gasteiger partial charge on any atom is 0.360 e. The van der Waals surface area contributed by atoms with Crippen LogP contribution in [-0.4, -0.2) is 28.2 Å². The molecule has 6 nitrogen and oxygen atoms in total. The fraction of sp³-hybridized carbons (Fsp3) is 0.182. The van der Waals surface area contributed by atoms with Gasteiger partial charge in [0.05, 0.1) is 12.0 Å². The number of esters is 1. The Kier molecular flexibility index (Phi) is 3.15. The monoisotopic (exact) mass is 266 g/mol. The number of nitrogens with zero attached hydrogens (tertiary/aromatic N) is 1. The number of aromatic nitrogens is 2. The van der Waals surface area contributed by atoms with Gasteiger partial charge in [0.15, 0.2) is 11.5 Å². The lowest BCUT2D eigenvalue weighted by molar-refractivity contribution is 0.0590. The van der Waals surface area contributed by atoms with Crippen molar-refractivity contribution < 1.29 is 14.6 Å². The first-order chi connectivity index (χ1) is 8.54. The number of carbonyl (C=O) groups excluding carboxylic acids is 1. The van der Waals surface area contributed by atoms with Crippen molar-refractivity contribution in [2.45, 2.75) is 6.92 Å². The van der Waals surface area contributed by atoms with Gasteiger partial charge in [-0.3, -0.25) is 4.79 Å². The number of nitrogens with one attached hydrogen (secondary N) is 1. The molecule has 0 aliphatic carbocycles. The van der Waals surface area contributed by atoms with Gasteiger partial charge in [-0.15, -0.1) is 11.3 Å². The summed E-state index contributed by atoms with van der Waals surface area (Å²) in [5.74, 6) is -1.35. The minimum Gasteiger partial charge on any atom is -0.501 e. The second-order valence-electron chi connectivity index (χ2n) is 3.54. The quantitative estimate of drug-likeness (QED) is 0.799. The van der Waals surface area contributed by atoms with Crippen molar-refractivity contribution in [2.75, 3.05) is 7.11 Å². The highest BCUT2D eigenvalue weighted by molar-refractivity contribution is 7.13. The van der Waals surface area contributed by atoms with Crippen molar-refractivity contribution in [2.24, 2.45) is 0 Å². The van der Waals surface area contributed by atoms with Crippen LogP contribution >= 0.6 is 11.3 Å². The van der Waals surface area contributed by atoms with E-state index in [0.29, 0.717) is 0 Å². The van der Waals surface area contributed by atoms with E-state index in [0.717, 1.165) is 17.6 Å². The Labute approximate surface area is 106 Å². The molecule has 0 atom stereocenters. The number of methoxy groups -OCH3 is 1. The first kappa shape index (κ1) is 12.3. The molecule has 0 aliphatic rings. The van der Waals surface area contributed by atoms with Gasteiger partial charge >= 0.3 is 5.97 Å². The molecule has 0 aromatic carbocycles. The molecule has 0 amide bonds. The van der Waals surface area contributed by atoms with E-state index < -0.39 is 17.3 Å². The standard InChI is InChI=1S/C11H10N2O4S/c1-5-3-4-18-8(5)9-12-6(11(16)17-2)7(14)10(15)13-9/h3-4,14H,1-2H3,(H,12,13,15). The molecular formula is C11H10N2O4S. The third-order valence-electron chi connectivity index (χ3n) is 2.35. The van der Waals surface area contributed by atoms with Crippen LogP contribution in [0.3, 0.4) is 0 Å². The fourth-order valence-corrected chi connectivity index (χ4v) is 2.30. The van der Waals surface area contributed by atoms with E-state index in [1.807, 2.05) is 18.4 Å². The second-order valence-corrected chi connectivity index (χ2v) is 4.45. The van der Waals surface area contributed by atoms with Gasteiger partial charge in [-0.25, -0.2) is 9.78 Å². The lowest BCUT2D eigenvalue weighted by atomic mass is 10.2. The number of ether oxygens (including phenoxy) is 1. The molecule has 2 heterocycles. The van der Waals surface area contributed by atoms with Crippen LogP contribution in [-0.2, 0) is 4.74 Å². The van der Waals surface area contributed by atoms with Crippen molar-refractivity contribution in [3.8, 4) is 16.5 Å². The van der Waals surface area contributed by atoms with Crippen molar-refractivity contribution >= 4 is 17.3 Å². The zero-order valence-electron chi connectivity index (χ0n) is 9.68. The van der Waals surface area contributed by atoms with E-state index in [-0.39, 0.29) is 11.5 Å². The Hall–Kier alpha value is -2.15. The van der Waals surface area contributed by atoms with Crippen molar-refractivity contribution in [3.63, 3.8) is 0 Å². The Morgan fingerprint density at radius 2 is 2.28 bits per heavy atom. The second kappa shape index (κ2) is 4.61. The first-order valence-electron chi connectivity index (χ1n) is 5.00. The maximum absolute atomic E-state index is 11.5. The van der Waals surface area contributed by atoms with Crippen LogP contribution in [0.2, 0.25) is 0 Å². The SMILES string of the molecule is COC(=O)c1nc(-c2sccc2C)[nH]c(=O)c1O.